The summed E-state index contributed by atoms with van der Waals surface area (Å²) in [7, 11) is 0. The molecule has 1 fully saturated rings. The van der Waals surface area contributed by atoms with E-state index < -0.39 is 0 Å². The van der Waals surface area contributed by atoms with E-state index in [2.05, 4.69) is 6.58 Å². The molecule has 0 radical (unpaired) electrons. The van der Waals surface area contributed by atoms with Crippen molar-refractivity contribution in [3.05, 3.63) is 38.8 Å². The zero-order valence-corrected chi connectivity index (χ0v) is 12.3. The van der Waals surface area contributed by atoms with Crippen molar-refractivity contribution in [2.75, 3.05) is 13.2 Å². The minimum absolute atomic E-state index is 0.190. The van der Waals surface area contributed by atoms with Crippen LogP contribution in [0.15, 0.2) is 18.7 Å². The fourth-order valence-corrected chi connectivity index (χ4v) is 2.33. The van der Waals surface area contributed by atoms with Gasteiger partial charge in [-0.25, -0.2) is 0 Å². The first kappa shape index (κ1) is 14.3. The average Bonchev–Trinajstić information content (AvgIpc) is 3.10. The number of ether oxygens (including phenoxy) is 2. The third kappa shape index (κ3) is 2.89. The summed E-state index contributed by atoms with van der Waals surface area (Å²) < 4.78 is 11.0. The van der Waals surface area contributed by atoms with Crippen LogP contribution in [0.5, 0.6) is 5.75 Å². The van der Waals surface area contributed by atoms with E-state index in [1.807, 2.05) is 0 Å². The van der Waals surface area contributed by atoms with E-state index in [1.165, 1.54) is 0 Å². The van der Waals surface area contributed by atoms with E-state index in [0.717, 1.165) is 6.42 Å². The van der Waals surface area contributed by atoms with E-state index in [1.54, 1.807) is 12.1 Å². The molecule has 0 aliphatic carbocycles. The second-order valence-electron chi connectivity index (χ2n) is 4.05. The van der Waals surface area contributed by atoms with Crippen LogP contribution in [0.1, 0.15) is 6.42 Å². The molecule has 1 atom stereocenters. The van der Waals surface area contributed by atoms with Gasteiger partial charge >= 0.3 is 0 Å². The normalized spacial score (nSPS) is 21.8. The van der Waals surface area contributed by atoms with Crippen molar-refractivity contribution >= 4 is 46.4 Å². The van der Waals surface area contributed by atoms with Crippen LogP contribution >= 0.6 is 46.4 Å². The summed E-state index contributed by atoms with van der Waals surface area (Å²) in [5.41, 5.74) is -0.288. The SMILES string of the molecule is C=CCC1(COc2cc(Cl)c(Cl)c(Cl)c2Cl)CO1. The van der Waals surface area contributed by atoms with Gasteiger partial charge in [-0.1, -0.05) is 52.5 Å². The molecule has 0 bridgehead atoms. The quantitative estimate of drug-likeness (QED) is 0.327. The average molecular weight is 328 g/mol. The lowest BCUT2D eigenvalue weighted by Gasteiger charge is -2.14. The Morgan fingerprint density at radius 3 is 2.50 bits per heavy atom. The summed E-state index contributed by atoms with van der Waals surface area (Å²) in [6, 6.07) is 1.54. The van der Waals surface area contributed by atoms with E-state index in [9.17, 15) is 0 Å². The predicted molar refractivity (Wildman–Crippen MR) is 75.5 cm³/mol. The molecule has 1 saturated heterocycles. The Kier molecular flexibility index (Phi) is 4.35. The lowest BCUT2D eigenvalue weighted by molar-refractivity contribution is 0.190. The molecule has 1 aliphatic heterocycles. The van der Waals surface area contributed by atoms with Crippen LogP contribution < -0.4 is 4.74 Å². The van der Waals surface area contributed by atoms with Crippen molar-refractivity contribution in [2.45, 2.75) is 12.0 Å². The van der Waals surface area contributed by atoms with Gasteiger partial charge in [0.2, 0.25) is 0 Å². The lowest BCUT2D eigenvalue weighted by atomic mass is 10.1. The van der Waals surface area contributed by atoms with Crippen LogP contribution in [0.25, 0.3) is 0 Å². The van der Waals surface area contributed by atoms with E-state index in [-0.39, 0.29) is 20.7 Å². The molecule has 0 N–H and O–H groups in total. The first-order valence-corrected chi connectivity index (χ1v) is 6.71. The fraction of sp³-hybridized carbons (Fsp3) is 0.333. The second kappa shape index (κ2) is 5.48. The predicted octanol–water partition coefficient (Wildman–Crippen LogP) is 5.02. The first-order valence-electron chi connectivity index (χ1n) is 5.20. The second-order valence-corrected chi connectivity index (χ2v) is 5.59. The highest BCUT2D eigenvalue weighted by Crippen LogP contribution is 2.43. The van der Waals surface area contributed by atoms with E-state index in [0.29, 0.717) is 24.0 Å². The monoisotopic (exact) mass is 326 g/mol. The molecule has 0 spiro atoms. The van der Waals surface area contributed by atoms with Crippen LogP contribution in [0.4, 0.5) is 0 Å². The van der Waals surface area contributed by atoms with E-state index in [4.69, 9.17) is 55.9 Å². The van der Waals surface area contributed by atoms with Gasteiger partial charge in [-0.05, 0) is 6.42 Å². The zero-order valence-electron chi connectivity index (χ0n) is 9.31. The number of epoxide rings is 1. The maximum absolute atomic E-state index is 6.04. The van der Waals surface area contributed by atoms with Gasteiger partial charge in [0.1, 0.15) is 23.0 Å². The Morgan fingerprint density at radius 1 is 1.28 bits per heavy atom. The molecular weight excluding hydrogens is 318 g/mol. The molecule has 98 valence electrons. The smallest absolute Gasteiger partial charge is 0.141 e. The Morgan fingerprint density at radius 2 is 1.94 bits per heavy atom. The molecule has 1 unspecified atom stereocenters. The molecule has 0 saturated carbocycles. The van der Waals surface area contributed by atoms with Crippen molar-refractivity contribution < 1.29 is 9.47 Å². The largest absolute Gasteiger partial charge is 0.489 e. The first-order chi connectivity index (χ1) is 8.49. The number of benzene rings is 1. The Balaban J connectivity index is 2.13. The minimum Gasteiger partial charge on any atom is -0.489 e. The van der Waals surface area contributed by atoms with Gasteiger partial charge in [-0.2, -0.15) is 0 Å². The molecule has 6 heteroatoms. The maximum atomic E-state index is 6.04. The molecule has 1 aromatic rings. The molecule has 1 aliphatic rings. The Hall–Kier alpha value is -0.120. The summed E-state index contributed by atoms with van der Waals surface area (Å²) in [4.78, 5) is 0. The van der Waals surface area contributed by atoms with Gasteiger partial charge in [0, 0.05) is 6.07 Å². The van der Waals surface area contributed by atoms with Crippen LogP contribution in [-0.4, -0.2) is 18.8 Å². The highest BCUT2D eigenvalue weighted by atomic mass is 35.5. The molecule has 1 heterocycles. The van der Waals surface area contributed by atoms with Crippen molar-refractivity contribution in [3.63, 3.8) is 0 Å². The summed E-state index contributed by atoms with van der Waals surface area (Å²) >= 11 is 23.8. The molecule has 2 rings (SSSR count). The molecule has 0 aromatic heterocycles. The summed E-state index contributed by atoms with van der Waals surface area (Å²) in [5.74, 6) is 0.398. The number of rotatable bonds is 5. The molecule has 18 heavy (non-hydrogen) atoms. The van der Waals surface area contributed by atoms with Gasteiger partial charge < -0.3 is 9.47 Å². The van der Waals surface area contributed by atoms with Crippen molar-refractivity contribution in [1.29, 1.82) is 0 Å². The van der Waals surface area contributed by atoms with Crippen LogP contribution in [0.2, 0.25) is 20.1 Å². The molecule has 1 aromatic carbocycles. The fourth-order valence-electron chi connectivity index (χ4n) is 1.49. The molecule has 2 nitrogen and oxygen atoms in total. The highest BCUT2D eigenvalue weighted by molar-refractivity contribution is 6.52. The Labute approximate surface area is 125 Å². The van der Waals surface area contributed by atoms with E-state index >= 15 is 0 Å². The third-order valence-electron chi connectivity index (χ3n) is 2.63. The van der Waals surface area contributed by atoms with Gasteiger partial charge in [0.05, 0.1) is 21.7 Å². The lowest BCUT2D eigenvalue weighted by Crippen LogP contribution is -2.20. The maximum Gasteiger partial charge on any atom is 0.141 e. The van der Waals surface area contributed by atoms with Crippen molar-refractivity contribution in [1.82, 2.24) is 0 Å². The zero-order chi connectivity index (χ0) is 13.3. The van der Waals surface area contributed by atoms with Crippen molar-refractivity contribution in [3.8, 4) is 5.75 Å². The Bertz CT molecular complexity index is 483. The van der Waals surface area contributed by atoms with Crippen LogP contribution in [0.3, 0.4) is 0 Å². The standard InChI is InChI=1S/C12H10Cl4O2/c1-2-3-12(6-18-12)5-17-8-4-7(13)9(14)11(16)10(8)15/h2,4H,1,3,5-6H2. The minimum atomic E-state index is -0.288. The van der Waals surface area contributed by atoms with Crippen LogP contribution in [0, 0.1) is 0 Å². The highest BCUT2D eigenvalue weighted by Gasteiger charge is 2.44. The molecule has 0 amide bonds. The van der Waals surface area contributed by atoms with Gasteiger partial charge in [0.25, 0.3) is 0 Å². The van der Waals surface area contributed by atoms with Gasteiger partial charge in [-0.15, -0.1) is 6.58 Å². The topological polar surface area (TPSA) is 21.8 Å². The van der Waals surface area contributed by atoms with Crippen molar-refractivity contribution in [2.24, 2.45) is 0 Å². The number of halogens is 4. The summed E-state index contributed by atoms with van der Waals surface area (Å²) in [6.45, 7) is 4.69. The van der Waals surface area contributed by atoms with Crippen LogP contribution in [-0.2, 0) is 4.74 Å². The summed E-state index contributed by atoms with van der Waals surface area (Å²) in [6.07, 6.45) is 2.51. The molecular formula is C12H10Cl4O2. The van der Waals surface area contributed by atoms with Gasteiger partial charge in [-0.3, -0.25) is 0 Å². The summed E-state index contributed by atoms with van der Waals surface area (Å²) in [5, 5.41) is 0.963. The number of hydrogen-bond donors (Lipinski definition) is 0. The number of hydrogen-bond acceptors (Lipinski definition) is 2. The third-order valence-corrected chi connectivity index (χ3v) is 4.36. The van der Waals surface area contributed by atoms with Gasteiger partial charge in [0.15, 0.2) is 0 Å².